The van der Waals surface area contributed by atoms with E-state index in [-0.39, 0.29) is 45.6 Å². The number of aliphatic carboxylic acids is 1. The molecule has 0 bridgehead atoms. The van der Waals surface area contributed by atoms with Crippen molar-refractivity contribution in [1.29, 1.82) is 0 Å². The second-order valence-electron chi connectivity index (χ2n) is 11.7. The molecule has 0 fully saturated rings. The molecule has 2 aromatic carbocycles. The third-order valence-corrected chi connectivity index (χ3v) is 10.7. The summed E-state index contributed by atoms with van der Waals surface area (Å²) >= 11 is 24.5. The molecule has 4 heterocycles. The number of hydrogen-bond donors (Lipinski definition) is 5. The van der Waals surface area contributed by atoms with Gasteiger partial charge in [0.05, 0.1) is 64.6 Å². The van der Waals surface area contributed by atoms with E-state index >= 15 is 0 Å². The van der Waals surface area contributed by atoms with Crippen LogP contribution in [-0.2, 0) is 32.3 Å². The van der Waals surface area contributed by atoms with Gasteiger partial charge in [0.15, 0.2) is 0 Å². The molecule has 0 saturated heterocycles. The molecule has 0 saturated carbocycles. The van der Waals surface area contributed by atoms with E-state index in [2.05, 4.69) is 36.1 Å². The number of ether oxygens (including phenoxy) is 3. The largest absolute Gasteiger partial charge is 0.481 e. The molecular weight excluding hydrogens is 891 g/mol. The minimum atomic E-state index is -4.18. The SMILES string of the molecule is C#CCOc1cc(-n2nc3n(c2=O)CCCC3)c(Cl)cc1Cl.COc1cc(OC)n2nc(S(=O)(=O)Nc3c(Cl)ccc(C)c3Cl)nc2n1.O=C(O)CNCP(=O)(O)O. The lowest BCUT2D eigenvalue weighted by atomic mass is 10.2. The molecule has 0 atom stereocenters. The van der Waals surface area contributed by atoms with E-state index in [9.17, 15) is 22.6 Å². The van der Waals surface area contributed by atoms with Crippen LogP contribution in [0, 0.1) is 19.3 Å². The third-order valence-electron chi connectivity index (χ3n) is 7.52. The molecule has 0 aliphatic carbocycles. The number of carboxylic acids is 1. The van der Waals surface area contributed by atoms with Crippen LogP contribution in [0.4, 0.5) is 5.69 Å². The van der Waals surface area contributed by atoms with E-state index in [1.54, 1.807) is 23.6 Å². The Labute approximate surface area is 350 Å². The molecule has 1 aliphatic heterocycles. The number of terminal acetylenes is 1. The van der Waals surface area contributed by atoms with Gasteiger partial charge in [-0.2, -0.15) is 27.6 Å². The first kappa shape index (κ1) is 46.1. The van der Waals surface area contributed by atoms with Gasteiger partial charge in [0.1, 0.15) is 18.2 Å². The Kier molecular flexibility index (Phi) is 15.8. The Hall–Kier alpha value is -4.62. The summed E-state index contributed by atoms with van der Waals surface area (Å²) in [5.41, 5.74) is 0.932. The lowest BCUT2D eigenvalue weighted by Gasteiger charge is -2.10. The van der Waals surface area contributed by atoms with Gasteiger partial charge in [-0.15, -0.1) is 16.6 Å². The smallest absolute Gasteiger partial charge is 0.350 e. The molecule has 5 N–H and O–H groups in total. The zero-order chi connectivity index (χ0) is 42.9. The van der Waals surface area contributed by atoms with E-state index in [0.717, 1.165) is 29.6 Å². The van der Waals surface area contributed by atoms with Gasteiger partial charge in [-0.1, -0.05) is 58.4 Å². The summed E-state index contributed by atoms with van der Waals surface area (Å²) in [4.78, 5) is 46.6. The van der Waals surface area contributed by atoms with Gasteiger partial charge in [-0.05, 0) is 37.5 Å². The van der Waals surface area contributed by atoms with Gasteiger partial charge in [-0.3, -0.25) is 24.0 Å². The number of rotatable bonds is 12. The molecule has 20 nitrogen and oxygen atoms in total. The molecule has 3 aromatic heterocycles. The first-order chi connectivity index (χ1) is 27.3. The number of nitrogens with zero attached hydrogens (tertiary/aromatic N) is 7. The average molecular weight is 926 g/mol. The normalized spacial score (nSPS) is 12.3. The summed E-state index contributed by atoms with van der Waals surface area (Å²) in [7, 11) is -5.47. The second-order valence-corrected chi connectivity index (χ2v) is 16.5. The van der Waals surface area contributed by atoms with Crippen LogP contribution in [-0.4, -0.2) is 96.9 Å². The number of nitrogens with one attached hydrogen (secondary N) is 2. The molecule has 5 aromatic rings. The van der Waals surface area contributed by atoms with Crippen molar-refractivity contribution in [3.63, 3.8) is 0 Å². The molecule has 0 amide bonds. The van der Waals surface area contributed by atoms with Gasteiger partial charge < -0.3 is 29.1 Å². The highest BCUT2D eigenvalue weighted by Gasteiger charge is 2.26. The maximum Gasteiger partial charge on any atom is 0.350 e. The van der Waals surface area contributed by atoms with Crippen LogP contribution >= 0.6 is 54.0 Å². The Morgan fingerprint density at radius 3 is 2.38 bits per heavy atom. The monoisotopic (exact) mass is 923 g/mol. The molecule has 312 valence electrons. The van der Waals surface area contributed by atoms with Crippen LogP contribution < -0.4 is 29.9 Å². The van der Waals surface area contributed by atoms with E-state index in [4.69, 9.17) is 81.9 Å². The summed E-state index contributed by atoms with van der Waals surface area (Å²) in [6.45, 7) is 2.04. The lowest BCUT2D eigenvalue weighted by Crippen LogP contribution is -2.26. The van der Waals surface area contributed by atoms with Crippen LogP contribution in [0.25, 0.3) is 11.5 Å². The lowest BCUT2D eigenvalue weighted by molar-refractivity contribution is -0.135. The summed E-state index contributed by atoms with van der Waals surface area (Å²) in [6.07, 6.45) is 7.37. The highest BCUT2D eigenvalue weighted by molar-refractivity contribution is 7.92. The minimum absolute atomic E-state index is 0.0111. The molecule has 6 rings (SSSR count). The fourth-order valence-corrected chi connectivity index (χ4v) is 7.33. The Morgan fingerprint density at radius 2 is 1.76 bits per heavy atom. The number of halogens is 4. The van der Waals surface area contributed by atoms with Crippen LogP contribution in [0.15, 0.2) is 40.3 Å². The zero-order valence-corrected chi connectivity index (χ0v) is 35.3. The predicted molar refractivity (Wildman–Crippen MR) is 214 cm³/mol. The molecule has 0 unspecified atom stereocenters. The van der Waals surface area contributed by atoms with E-state index < -0.39 is 41.6 Å². The van der Waals surface area contributed by atoms with Crippen molar-refractivity contribution in [2.45, 2.75) is 37.9 Å². The highest BCUT2D eigenvalue weighted by atomic mass is 35.5. The Balaban J connectivity index is 0.000000211. The van der Waals surface area contributed by atoms with Crippen LogP contribution in [0.2, 0.25) is 20.1 Å². The number of carbonyl (C=O) groups is 1. The molecule has 26 heteroatoms. The number of methoxy groups -OCH3 is 2. The van der Waals surface area contributed by atoms with E-state index in [1.165, 1.54) is 37.1 Å². The first-order valence-corrected chi connectivity index (χ1v) is 21.1. The van der Waals surface area contributed by atoms with E-state index in [0.29, 0.717) is 33.6 Å². The Morgan fingerprint density at radius 1 is 1.03 bits per heavy atom. The summed E-state index contributed by atoms with van der Waals surface area (Å²) < 4.78 is 57.4. The maximum atomic E-state index is 12.7. The first-order valence-electron chi connectivity index (χ1n) is 16.3. The van der Waals surface area contributed by atoms with Gasteiger partial charge in [-0.25, -0.2) is 4.79 Å². The van der Waals surface area contributed by atoms with E-state index in [1.807, 2.05) is 0 Å². The van der Waals surface area contributed by atoms with Crippen molar-refractivity contribution in [3.8, 4) is 35.5 Å². The van der Waals surface area contributed by atoms with Gasteiger partial charge >= 0.3 is 19.3 Å². The van der Waals surface area contributed by atoms with Crippen molar-refractivity contribution in [1.82, 2.24) is 39.2 Å². The van der Waals surface area contributed by atoms with Crippen molar-refractivity contribution >= 4 is 81.5 Å². The quantitative estimate of drug-likeness (QED) is 0.0873. The van der Waals surface area contributed by atoms with Crippen molar-refractivity contribution < 1.29 is 46.9 Å². The summed E-state index contributed by atoms with van der Waals surface area (Å²) in [5, 5.41) is 18.8. The maximum absolute atomic E-state index is 12.7. The fraction of sp³-hybridized carbons (Fsp3) is 0.312. The number of aryl methyl sites for hydroxylation is 2. The molecule has 1 aliphatic rings. The van der Waals surface area contributed by atoms with Crippen molar-refractivity contribution in [2.75, 3.05) is 38.4 Å². The number of anilines is 1. The van der Waals surface area contributed by atoms with Gasteiger partial charge in [0.2, 0.25) is 11.8 Å². The molecule has 0 radical (unpaired) electrons. The highest BCUT2D eigenvalue weighted by Crippen LogP contribution is 2.35. The summed E-state index contributed by atoms with van der Waals surface area (Å²) in [5.74, 6) is 2.75. The minimum Gasteiger partial charge on any atom is -0.481 e. The second kappa shape index (κ2) is 19.9. The third kappa shape index (κ3) is 11.7. The number of fused-ring (bicyclic) bond motifs is 2. The van der Waals surface area contributed by atoms with Gasteiger partial charge in [0.25, 0.3) is 21.0 Å². The molecule has 0 spiro atoms. The predicted octanol–water partition coefficient (Wildman–Crippen LogP) is 4.04. The topological polar surface area (TPSA) is 264 Å². The number of sulfonamides is 1. The van der Waals surface area contributed by atoms with Gasteiger partial charge in [0, 0.05) is 19.0 Å². The summed E-state index contributed by atoms with van der Waals surface area (Å²) in [6, 6.07) is 7.76. The number of carboxylic acid groups (broad SMARTS) is 1. The molecule has 58 heavy (non-hydrogen) atoms. The number of hydrogen-bond acceptors (Lipinski definition) is 13. The number of benzene rings is 2. The number of aromatic nitrogens is 7. The molecular formula is C32H34Cl4N9O11PS. The average Bonchev–Trinajstić information content (AvgIpc) is 3.76. The van der Waals surface area contributed by atoms with Crippen LogP contribution in [0.5, 0.6) is 17.5 Å². The van der Waals surface area contributed by atoms with Crippen LogP contribution in [0.3, 0.4) is 0 Å². The Bertz CT molecular complexity index is 2570. The van der Waals surface area contributed by atoms with Crippen molar-refractivity contribution in [3.05, 3.63) is 72.3 Å². The fourth-order valence-electron chi connectivity index (χ4n) is 4.87. The standard InChI is InChI=1S/C15H13Cl2N3O2.C14H13Cl2N5O4S.C3H8NO5P/c1-2-7-22-13-9-12(10(16)8-11(13)17)20-15(21)19-6-4-3-5-14(19)18-20;1-7-4-5-8(15)12(11(7)16)20-26(22,23)14-18-13-17-9(24-2)6-10(25-3)21(13)19-14;5-3(6)1-4-2-10(7,8)9/h1,8-9H,3-7H2;4-6,20H,1-3H3;4H,1-2H2,(H,5,6)(H2,7,8,9). The van der Waals surface area contributed by atoms with Crippen molar-refractivity contribution in [2.24, 2.45) is 0 Å². The zero-order valence-electron chi connectivity index (χ0n) is 30.5. The van der Waals surface area contributed by atoms with Crippen LogP contribution in [0.1, 0.15) is 24.2 Å².